The molecule has 3 heterocycles. The van der Waals surface area contributed by atoms with Crippen LogP contribution >= 0.6 is 0 Å². The van der Waals surface area contributed by atoms with E-state index in [4.69, 9.17) is 9.57 Å². The number of hydroxylamine groups is 1. The molecule has 2 saturated carbocycles. The summed E-state index contributed by atoms with van der Waals surface area (Å²) in [6.07, 6.45) is 0.229. The predicted octanol–water partition coefficient (Wildman–Crippen LogP) is 1.18. The van der Waals surface area contributed by atoms with Crippen LogP contribution in [0.2, 0.25) is 0 Å². The Bertz CT molecular complexity index is 843. The molecule has 5 aliphatic rings. The van der Waals surface area contributed by atoms with E-state index < -0.39 is 11.5 Å². The van der Waals surface area contributed by atoms with Crippen LogP contribution in [-0.2, 0) is 19.8 Å². The lowest BCUT2D eigenvalue weighted by Crippen LogP contribution is -2.65. The molecule has 27 heavy (non-hydrogen) atoms. The molecular formula is C21H26N2O4. The van der Waals surface area contributed by atoms with Crippen LogP contribution in [0.5, 0.6) is 0 Å². The van der Waals surface area contributed by atoms with E-state index in [0.717, 1.165) is 24.2 Å². The number of ether oxygens (including phenoxy) is 1. The van der Waals surface area contributed by atoms with Gasteiger partial charge in [-0.2, -0.15) is 5.06 Å². The van der Waals surface area contributed by atoms with Crippen molar-refractivity contribution in [1.82, 2.24) is 4.90 Å². The number of anilines is 1. The summed E-state index contributed by atoms with van der Waals surface area (Å²) in [6.45, 7) is 3.45. The van der Waals surface area contributed by atoms with Gasteiger partial charge in [-0.15, -0.1) is 0 Å². The first kappa shape index (κ1) is 16.5. The maximum Gasteiger partial charge on any atom is 0.264 e. The Balaban J connectivity index is 1.67. The van der Waals surface area contributed by atoms with Crippen LogP contribution in [-0.4, -0.2) is 61.5 Å². The van der Waals surface area contributed by atoms with Crippen molar-refractivity contribution in [2.45, 2.75) is 37.0 Å². The van der Waals surface area contributed by atoms with Crippen molar-refractivity contribution in [2.24, 2.45) is 23.2 Å². The molecule has 6 nitrogen and oxygen atoms in total. The Labute approximate surface area is 159 Å². The molecule has 6 rings (SSSR count). The van der Waals surface area contributed by atoms with Crippen LogP contribution in [0.3, 0.4) is 0 Å². The first-order chi connectivity index (χ1) is 13.0. The standard InChI is InChI=1S/C21H26N2O4/c1-11(24)20-10-22(2)17-12-9-27-16(8-14(12)20)21(18(17)20)13-6-4-5-7-15(13)23(26-3)19(21)25/h4-7,11-12,14,16-18,24H,8-10H2,1-3H3/t11-,12-,14+,16+,17+,18-,20+,21-/m0/s1. The number of rotatable bonds is 2. The van der Waals surface area contributed by atoms with Gasteiger partial charge in [-0.3, -0.25) is 9.63 Å². The molecule has 3 aliphatic heterocycles. The fourth-order valence-electron chi connectivity index (χ4n) is 8.00. The number of likely N-dealkylation sites (tertiary alicyclic amines) is 1. The van der Waals surface area contributed by atoms with Gasteiger partial charge in [0.2, 0.25) is 0 Å². The van der Waals surface area contributed by atoms with Crippen LogP contribution < -0.4 is 5.06 Å². The van der Waals surface area contributed by atoms with Gasteiger partial charge in [0, 0.05) is 29.8 Å². The van der Waals surface area contributed by atoms with Crippen LogP contribution in [0.1, 0.15) is 18.9 Å². The Hall–Kier alpha value is -1.47. The zero-order valence-electron chi connectivity index (χ0n) is 16.0. The van der Waals surface area contributed by atoms with Crippen molar-refractivity contribution in [3.63, 3.8) is 0 Å². The Morgan fingerprint density at radius 3 is 2.89 bits per heavy atom. The lowest BCUT2D eigenvalue weighted by molar-refractivity contribution is -0.182. The number of nitrogens with zero attached hydrogens (tertiary/aromatic N) is 2. The molecule has 8 atom stereocenters. The Morgan fingerprint density at radius 1 is 1.37 bits per heavy atom. The van der Waals surface area contributed by atoms with Gasteiger partial charge in [-0.1, -0.05) is 18.2 Å². The number of fused-ring (bicyclic) bond motifs is 5. The second-order valence-electron chi connectivity index (χ2n) is 9.17. The summed E-state index contributed by atoms with van der Waals surface area (Å²) in [7, 11) is 3.70. The zero-order chi connectivity index (χ0) is 18.7. The van der Waals surface area contributed by atoms with E-state index >= 15 is 0 Å². The Morgan fingerprint density at radius 2 is 2.15 bits per heavy atom. The molecule has 0 unspecified atom stereocenters. The first-order valence-corrected chi connectivity index (χ1v) is 9.97. The first-order valence-electron chi connectivity index (χ1n) is 9.97. The number of hydrogen-bond donors (Lipinski definition) is 1. The van der Waals surface area contributed by atoms with E-state index in [2.05, 4.69) is 18.0 Å². The lowest BCUT2D eigenvalue weighted by Gasteiger charge is -2.56. The second kappa shape index (κ2) is 4.92. The summed E-state index contributed by atoms with van der Waals surface area (Å²) in [5, 5.41) is 12.5. The molecule has 1 amide bonds. The average molecular weight is 370 g/mol. The fourth-order valence-corrected chi connectivity index (χ4v) is 8.00. The summed E-state index contributed by atoms with van der Waals surface area (Å²) < 4.78 is 6.37. The molecule has 1 aromatic carbocycles. The molecule has 1 N–H and O–H groups in total. The number of carbonyl (C=O) groups excluding carboxylic acids is 1. The van der Waals surface area contributed by atoms with Crippen molar-refractivity contribution < 1.29 is 19.5 Å². The van der Waals surface area contributed by atoms with Crippen LogP contribution in [0.25, 0.3) is 0 Å². The third kappa shape index (κ3) is 1.49. The van der Waals surface area contributed by atoms with E-state index in [1.807, 2.05) is 25.1 Å². The molecule has 6 heteroatoms. The number of aliphatic hydroxyl groups excluding tert-OH is 1. The van der Waals surface area contributed by atoms with Crippen molar-refractivity contribution in [3.8, 4) is 0 Å². The maximum atomic E-state index is 14.0. The summed E-state index contributed by atoms with van der Waals surface area (Å²) in [6, 6.07) is 8.23. The maximum absolute atomic E-state index is 14.0. The van der Waals surface area contributed by atoms with E-state index in [-0.39, 0.29) is 29.4 Å². The normalized spacial score (nSPS) is 47.9. The Kier molecular flexibility index (Phi) is 3.00. The van der Waals surface area contributed by atoms with Gasteiger partial charge in [0.25, 0.3) is 5.91 Å². The van der Waals surface area contributed by atoms with Crippen molar-refractivity contribution in [2.75, 3.05) is 32.4 Å². The smallest absolute Gasteiger partial charge is 0.264 e. The molecule has 5 bridgehead atoms. The highest BCUT2D eigenvalue weighted by Crippen LogP contribution is 2.74. The van der Waals surface area contributed by atoms with Gasteiger partial charge in [-0.05, 0) is 37.9 Å². The minimum atomic E-state index is -0.777. The molecule has 0 aromatic heterocycles. The number of hydrogen-bond acceptors (Lipinski definition) is 5. The molecule has 144 valence electrons. The van der Waals surface area contributed by atoms with Crippen molar-refractivity contribution in [3.05, 3.63) is 29.8 Å². The van der Waals surface area contributed by atoms with E-state index in [1.54, 1.807) is 7.11 Å². The largest absolute Gasteiger partial charge is 0.393 e. The monoisotopic (exact) mass is 370 g/mol. The number of benzene rings is 1. The van der Waals surface area contributed by atoms with Gasteiger partial charge >= 0.3 is 0 Å². The fraction of sp³-hybridized carbons (Fsp3) is 0.667. The van der Waals surface area contributed by atoms with E-state index in [1.165, 1.54) is 5.06 Å². The highest BCUT2D eigenvalue weighted by Gasteiger charge is 2.82. The molecule has 2 aliphatic carbocycles. The van der Waals surface area contributed by atoms with Crippen LogP contribution in [0.15, 0.2) is 24.3 Å². The van der Waals surface area contributed by atoms with Gasteiger partial charge < -0.3 is 14.7 Å². The summed E-state index contributed by atoms with van der Waals surface area (Å²) >= 11 is 0. The van der Waals surface area contributed by atoms with Crippen LogP contribution in [0.4, 0.5) is 5.69 Å². The lowest BCUT2D eigenvalue weighted by atomic mass is 9.50. The quantitative estimate of drug-likeness (QED) is 0.847. The highest BCUT2D eigenvalue weighted by atomic mass is 16.7. The topological polar surface area (TPSA) is 62.2 Å². The van der Waals surface area contributed by atoms with Gasteiger partial charge in [0.1, 0.15) is 5.41 Å². The van der Waals surface area contributed by atoms with Gasteiger partial charge in [0.15, 0.2) is 0 Å². The van der Waals surface area contributed by atoms with Gasteiger partial charge in [0.05, 0.1) is 31.6 Å². The summed E-state index contributed by atoms with van der Waals surface area (Å²) in [4.78, 5) is 21.9. The highest BCUT2D eigenvalue weighted by molar-refractivity contribution is 6.08. The SMILES string of the molecule is CON1C(=O)[C@]2(c3ccccc31)[C@H]1[C@H]3[C@H]4CO[C@@H]2C[C@H]4[C@]1([C@H](C)O)CN3C. The minimum Gasteiger partial charge on any atom is -0.393 e. The van der Waals surface area contributed by atoms with E-state index in [9.17, 15) is 9.90 Å². The minimum absolute atomic E-state index is 0.0208. The molecule has 1 aromatic rings. The molecular weight excluding hydrogens is 344 g/mol. The number of para-hydroxylation sites is 1. The second-order valence-corrected chi connectivity index (χ2v) is 9.17. The number of amides is 1. The molecule has 0 radical (unpaired) electrons. The summed E-state index contributed by atoms with van der Waals surface area (Å²) in [5.41, 5.74) is 0.792. The average Bonchev–Trinajstić information content (AvgIpc) is 3.14. The number of carbonyl (C=O) groups is 1. The number of aliphatic hydroxyl groups is 1. The van der Waals surface area contributed by atoms with Crippen molar-refractivity contribution in [1.29, 1.82) is 0 Å². The molecule has 1 spiro atoms. The third-order valence-corrected chi connectivity index (χ3v) is 8.62. The molecule has 2 saturated heterocycles. The van der Waals surface area contributed by atoms with Gasteiger partial charge in [-0.25, -0.2) is 0 Å². The molecule has 4 fully saturated rings. The van der Waals surface area contributed by atoms with Crippen molar-refractivity contribution >= 4 is 11.6 Å². The van der Waals surface area contributed by atoms with Crippen LogP contribution in [0, 0.1) is 23.2 Å². The van der Waals surface area contributed by atoms with E-state index in [0.29, 0.717) is 18.4 Å². The number of piperidine rings is 1. The predicted molar refractivity (Wildman–Crippen MR) is 98.0 cm³/mol. The zero-order valence-corrected chi connectivity index (χ0v) is 16.0. The summed E-state index contributed by atoms with van der Waals surface area (Å²) in [5.74, 6) is 0.827. The third-order valence-electron chi connectivity index (χ3n) is 8.62.